The van der Waals surface area contributed by atoms with Gasteiger partial charge in [0.25, 0.3) is 0 Å². The molecule has 2 fully saturated rings. The summed E-state index contributed by atoms with van der Waals surface area (Å²) in [6, 6.07) is 5.72. The molecule has 1 aromatic carbocycles. The number of anilines is 1. The number of nitrogens with zero attached hydrogens (tertiary/aromatic N) is 3. The van der Waals surface area contributed by atoms with E-state index in [2.05, 4.69) is 31.0 Å². The molecule has 6 nitrogen and oxygen atoms in total. The second-order valence-corrected chi connectivity index (χ2v) is 9.11. The van der Waals surface area contributed by atoms with Crippen molar-refractivity contribution in [3.05, 3.63) is 28.2 Å². The second kappa shape index (κ2) is 10.5. The molecule has 1 aromatic rings. The van der Waals surface area contributed by atoms with E-state index in [9.17, 15) is 9.59 Å². The van der Waals surface area contributed by atoms with Crippen molar-refractivity contribution in [1.29, 1.82) is 0 Å². The van der Waals surface area contributed by atoms with E-state index >= 15 is 0 Å². The minimum atomic E-state index is -0.202. The quantitative estimate of drug-likeness (QED) is 0.726. The van der Waals surface area contributed by atoms with Gasteiger partial charge in [-0.05, 0) is 60.3 Å². The minimum absolute atomic E-state index is 0.00338. The van der Waals surface area contributed by atoms with E-state index < -0.39 is 0 Å². The van der Waals surface area contributed by atoms with E-state index in [1.54, 1.807) is 0 Å². The molecule has 0 radical (unpaired) electrons. The van der Waals surface area contributed by atoms with Crippen LogP contribution in [0, 0.1) is 6.92 Å². The van der Waals surface area contributed by atoms with Crippen molar-refractivity contribution < 1.29 is 9.59 Å². The van der Waals surface area contributed by atoms with E-state index in [0.717, 1.165) is 67.8 Å². The van der Waals surface area contributed by atoms with E-state index in [-0.39, 0.29) is 17.9 Å². The number of halogens is 1. The molecule has 7 heteroatoms. The smallest absolute Gasteiger partial charge is 0.241 e. The van der Waals surface area contributed by atoms with E-state index in [1.165, 1.54) is 12.8 Å². The van der Waals surface area contributed by atoms with Gasteiger partial charge in [0.1, 0.15) is 0 Å². The number of rotatable bonds is 5. The Bertz CT molecular complexity index is 711. The molecular weight excluding hydrogens is 432 g/mol. The van der Waals surface area contributed by atoms with Gasteiger partial charge in [-0.2, -0.15) is 0 Å². The highest BCUT2D eigenvalue weighted by Gasteiger charge is 2.27. The molecule has 0 bridgehead atoms. The molecule has 2 aliphatic rings. The Morgan fingerprint density at radius 3 is 2.31 bits per heavy atom. The first kappa shape index (κ1) is 22.2. The van der Waals surface area contributed by atoms with Crippen molar-refractivity contribution in [3.8, 4) is 0 Å². The number of benzene rings is 1. The van der Waals surface area contributed by atoms with Crippen LogP contribution < -0.4 is 5.32 Å². The Morgan fingerprint density at radius 1 is 1.03 bits per heavy atom. The number of carbonyl (C=O) groups excluding carboxylic acids is 2. The summed E-state index contributed by atoms with van der Waals surface area (Å²) in [6.07, 6.45) is 4.73. The van der Waals surface area contributed by atoms with Gasteiger partial charge in [0.05, 0.1) is 18.3 Å². The third-order valence-electron chi connectivity index (χ3n) is 6.03. The molecular formula is C22H33BrN4O2. The lowest BCUT2D eigenvalue weighted by molar-refractivity contribution is -0.133. The van der Waals surface area contributed by atoms with Crippen LogP contribution in [0.15, 0.2) is 22.7 Å². The summed E-state index contributed by atoms with van der Waals surface area (Å²) < 4.78 is 0.898. The van der Waals surface area contributed by atoms with Crippen molar-refractivity contribution >= 4 is 33.4 Å². The number of piperazine rings is 1. The molecule has 1 atom stereocenters. The topological polar surface area (TPSA) is 55.9 Å². The monoisotopic (exact) mass is 464 g/mol. The van der Waals surface area contributed by atoms with Gasteiger partial charge in [-0.3, -0.25) is 19.4 Å². The van der Waals surface area contributed by atoms with Gasteiger partial charge in [0, 0.05) is 43.7 Å². The first-order valence-electron chi connectivity index (χ1n) is 10.8. The molecule has 0 aromatic heterocycles. The SMILES string of the molecule is Cc1ccc(NC(=O)[C@H](C)N2CCN(CC(=O)N3CCCCCC3)CC2)c(Br)c1. The lowest BCUT2D eigenvalue weighted by Gasteiger charge is -2.37. The van der Waals surface area contributed by atoms with E-state index in [4.69, 9.17) is 0 Å². The van der Waals surface area contributed by atoms with Gasteiger partial charge in [0.2, 0.25) is 11.8 Å². The molecule has 0 saturated carbocycles. The van der Waals surface area contributed by atoms with Crippen molar-refractivity contribution in [2.24, 2.45) is 0 Å². The fraction of sp³-hybridized carbons (Fsp3) is 0.636. The maximum atomic E-state index is 12.7. The predicted molar refractivity (Wildman–Crippen MR) is 120 cm³/mol. The maximum Gasteiger partial charge on any atom is 0.241 e. The Hall–Kier alpha value is -1.44. The third-order valence-corrected chi connectivity index (χ3v) is 6.69. The Labute approximate surface area is 182 Å². The number of carbonyl (C=O) groups is 2. The number of hydrogen-bond acceptors (Lipinski definition) is 4. The Balaban J connectivity index is 1.45. The van der Waals surface area contributed by atoms with E-state index in [1.807, 2.05) is 36.9 Å². The van der Waals surface area contributed by atoms with Crippen LogP contribution in [0.5, 0.6) is 0 Å². The predicted octanol–water partition coefficient (Wildman–Crippen LogP) is 3.10. The zero-order valence-electron chi connectivity index (χ0n) is 17.6. The van der Waals surface area contributed by atoms with Gasteiger partial charge < -0.3 is 10.2 Å². The summed E-state index contributed by atoms with van der Waals surface area (Å²) in [5.41, 5.74) is 1.95. The third kappa shape index (κ3) is 6.27. The van der Waals surface area contributed by atoms with Crippen LogP contribution in [0.3, 0.4) is 0 Å². The molecule has 0 spiro atoms. The maximum absolute atomic E-state index is 12.7. The summed E-state index contributed by atoms with van der Waals surface area (Å²) in [5, 5.41) is 3.02. The number of amides is 2. The zero-order valence-corrected chi connectivity index (χ0v) is 19.2. The highest BCUT2D eigenvalue weighted by molar-refractivity contribution is 9.10. The highest BCUT2D eigenvalue weighted by atomic mass is 79.9. The van der Waals surface area contributed by atoms with Crippen molar-refractivity contribution in [1.82, 2.24) is 14.7 Å². The van der Waals surface area contributed by atoms with Gasteiger partial charge >= 0.3 is 0 Å². The van der Waals surface area contributed by atoms with E-state index in [0.29, 0.717) is 6.54 Å². The summed E-state index contributed by atoms with van der Waals surface area (Å²) in [5.74, 6) is 0.263. The average Bonchev–Trinajstić information content (AvgIpc) is 3.00. The van der Waals surface area contributed by atoms with Crippen LogP contribution in [0.1, 0.15) is 38.2 Å². The summed E-state index contributed by atoms with van der Waals surface area (Å²) in [6.45, 7) is 9.55. The molecule has 0 unspecified atom stereocenters. The van der Waals surface area contributed by atoms with Crippen LogP contribution >= 0.6 is 15.9 Å². The average molecular weight is 465 g/mol. The largest absolute Gasteiger partial charge is 0.342 e. The Morgan fingerprint density at radius 2 is 1.69 bits per heavy atom. The van der Waals surface area contributed by atoms with Crippen LogP contribution in [0.25, 0.3) is 0 Å². The number of likely N-dealkylation sites (tertiary alicyclic amines) is 1. The molecule has 2 amide bonds. The standard InChI is InChI=1S/C22H33BrN4O2/c1-17-7-8-20(19(23)15-17)24-22(29)18(2)26-13-11-25(12-14-26)16-21(28)27-9-5-3-4-6-10-27/h7-8,15,18H,3-6,9-14,16H2,1-2H3,(H,24,29)/t18-/m0/s1. The van der Waals surface area contributed by atoms with Crippen molar-refractivity contribution in [2.45, 2.75) is 45.6 Å². The van der Waals surface area contributed by atoms with Gasteiger partial charge in [0.15, 0.2) is 0 Å². The normalized spacial score (nSPS) is 20.2. The fourth-order valence-corrected chi connectivity index (χ4v) is 4.64. The molecule has 3 rings (SSSR count). The van der Waals surface area contributed by atoms with Gasteiger partial charge in [-0.25, -0.2) is 0 Å². The van der Waals surface area contributed by atoms with Crippen molar-refractivity contribution in [2.75, 3.05) is 51.1 Å². The van der Waals surface area contributed by atoms with Crippen LogP contribution in [0.2, 0.25) is 0 Å². The molecule has 2 saturated heterocycles. The summed E-state index contributed by atoms with van der Waals surface area (Å²) >= 11 is 3.52. The lowest BCUT2D eigenvalue weighted by atomic mass is 10.2. The fourth-order valence-electron chi connectivity index (χ4n) is 4.04. The van der Waals surface area contributed by atoms with Gasteiger partial charge in [-0.1, -0.05) is 18.9 Å². The second-order valence-electron chi connectivity index (χ2n) is 8.26. The Kier molecular flexibility index (Phi) is 8.09. The van der Waals surface area contributed by atoms with Crippen molar-refractivity contribution in [3.63, 3.8) is 0 Å². The number of hydrogen-bond donors (Lipinski definition) is 1. The lowest BCUT2D eigenvalue weighted by Crippen LogP contribution is -2.54. The molecule has 2 heterocycles. The summed E-state index contributed by atoms with van der Waals surface area (Å²) in [4.78, 5) is 31.8. The molecule has 160 valence electrons. The van der Waals surface area contributed by atoms with Crippen LogP contribution in [-0.4, -0.2) is 78.4 Å². The van der Waals surface area contributed by atoms with Crippen LogP contribution in [-0.2, 0) is 9.59 Å². The number of aryl methyl sites for hydroxylation is 1. The molecule has 1 N–H and O–H groups in total. The summed E-state index contributed by atoms with van der Waals surface area (Å²) in [7, 11) is 0. The first-order chi connectivity index (χ1) is 13.9. The van der Waals surface area contributed by atoms with Crippen LogP contribution in [0.4, 0.5) is 5.69 Å². The minimum Gasteiger partial charge on any atom is -0.342 e. The van der Waals surface area contributed by atoms with Gasteiger partial charge in [-0.15, -0.1) is 0 Å². The zero-order chi connectivity index (χ0) is 20.8. The highest BCUT2D eigenvalue weighted by Crippen LogP contribution is 2.24. The molecule has 0 aliphatic carbocycles. The molecule has 2 aliphatic heterocycles. The number of nitrogens with one attached hydrogen (secondary N) is 1. The first-order valence-corrected chi connectivity index (χ1v) is 11.5. The molecule has 29 heavy (non-hydrogen) atoms.